The first-order valence-corrected chi connectivity index (χ1v) is 6.63. The third kappa shape index (κ3) is 2.01. The fourth-order valence-corrected chi connectivity index (χ4v) is 2.45. The van der Waals surface area contributed by atoms with E-state index in [0.717, 1.165) is 11.3 Å². The maximum absolute atomic E-state index is 12.3. The van der Waals surface area contributed by atoms with E-state index in [1.807, 2.05) is 24.3 Å². The minimum atomic E-state index is -0.231. The SMILES string of the molecule is O=C(NC1COc2ccccc21)c1cn2cccnc2n1. The highest BCUT2D eigenvalue weighted by atomic mass is 16.5. The number of hydrogen-bond acceptors (Lipinski definition) is 4. The molecule has 0 fully saturated rings. The summed E-state index contributed by atoms with van der Waals surface area (Å²) < 4.78 is 7.27. The van der Waals surface area contributed by atoms with E-state index < -0.39 is 0 Å². The van der Waals surface area contributed by atoms with Crippen LogP contribution in [0, 0.1) is 0 Å². The van der Waals surface area contributed by atoms with Crippen LogP contribution in [0.5, 0.6) is 5.75 Å². The van der Waals surface area contributed by atoms with Crippen LogP contribution in [0.3, 0.4) is 0 Å². The number of fused-ring (bicyclic) bond motifs is 2. The van der Waals surface area contributed by atoms with Crippen LogP contribution in [0.25, 0.3) is 5.78 Å². The molecule has 0 saturated heterocycles. The molecule has 0 saturated carbocycles. The number of hydrogen-bond donors (Lipinski definition) is 1. The van der Waals surface area contributed by atoms with Crippen LogP contribution in [0.4, 0.5) is 0 Å². The number of aromatic nitrogens is 3. The topological polar surface area (TPSA) is 68.5 Å². The van der Waals surface area contributed by atoms with Gasteiger partial charge in [0.05, 0.1) is 6.04 Å². The molecule has 1 aliphatic rings. The Bertz CT molecular complexity index is 794. The standard InChI is InChI=1S/C15H12N4O2/c20-14(11-8-19-7-3-6-16-15(19)18-11)17-12-9-21-13-5-2-1-4-10(12)13/h1-8,12H,9H2,(H,17,20). The van der Waals surface area contributed by atoms with Crippen molar-refractivity contribution in [1.29, 1.82) is 0 Å². The molecule has 0 radical (unpaired) electrons. The third-order valence-corrected chi connectivity index (χ3v) is 3.47. The summed E-state index contributed by atoms with van der Waals surface area (Å²) >= 11 is 0. The maximum Gasteiger partial charge on any atom is 0.272 e. The van der Waals surface area contributed by atoms with Crippen LogP contribution in [0.15, 0.2) is 48.9 Å². The average Bonchev–Trinajstić information content (AvgIpc) is 3.11. The molecule has 1 aliphatic heterocycles. The second kappa shape index (κ2) is 4.59. The maximum atomic E-state index is 12.3. The molecule has 6 nitrogen and oxygen atoms in total. The summed E-state index contributed by atoms with van der Waals surface area (Å²) in [7, 11) is 0. The molecule has 104 valence electrons. The molecule has 1 N–H and O–H groups in total. The number of para-hydroxylation sites is 1. The van der Waals surface area contributed by atoms with Gasteiger partial charge in [0, 0.05) is 24.2 Å². The van der Waals surface area contributed by atoms with Gasteiger partial charge in [-0.05, 0) is 12.1 Å². The largest absolute Gasteiger partial charge is 0.491 e. The van der Waals surface area contributed by atoms with Crippen LogP contribution >= 0.6 is 0 Å². The molecule has 21 heavy (non-hydrogen) atoms. The summed E-state index contributed by atoms with van der Waals surface area (Å²) in [6.07, 6.45) is 5.12. The van der Waals surface area contributed by atoms with Gasteiger partial charge >= 0.3 is 0 Å². The molecular weight excluding hydrogens is 268 g/mol. The molecule has 3 heterocycles. The van der Waals surface area contributed by atoms with E-state index in [2.05, 4.69) is 15.3 Å². The van der Waals surface area contributed by atoms with Gasteiger partial charge in [0.2, 0.25) is 5.78 Å². The molecule has 1 aromatic carbocycles. The van der Waals surface area contributed by atoms with Crippen LogP contribution < -0.4 is 10.1 Å². The molecule has 1 atom stereocenters. The first-order chi connectivity index (χ1) is 10.3. The van der Waals surface area contributed by atoms with Gasteiger partial charge in [-0.15, -0.1) is 0 Å². The molecule has 0 bridgehead atoms. The van der Waals surface area contributed by atoms with Crippen molar-refractivity contribution in [3.63, 3.8) is 0 Å². The van der Waals surface area contributed by atoms with Gasteiger partial charge in [0.25, 0.3) is 5.91 Å². The van der Waals surface area contributed by atoms with E-state index in [1.54, 1.807) is 29.1 Å². The number of ether oxygens (including phenoxy) is 1. The van der Waals surface area contributed by atoms with Crippen LogP contribution in [0.2, 0.25) is 0 Å². The smallest absolute Gasteiger partial charge is 0.272 e. The van der Waals surface area contributed by atoms with Crippen LogP contribution in [-0.2, 0) is 0 Å². The van der Waals surface area contributed by atoms with Crippen molar-refractivity contribution in [2.24, 2.45) is 0 Å². The lowest BCUT2D eigenvalue weighted by atomic mass is 10.1. The highest BCUT2D eigenvalue weighted by Crippen LogP contribution is 2.31. The highest BCUT2D eigenvalue weighted by molar-refractivity contribution is 5.93. The molecule has 4 rings (SSSR count). The molecule has 6 heteroatoms. The number of nitrogens with one attached hydrogen (secondary N) is 1. The van der Waals surface area contributed by atoms with Gasteiger partial charge in [-0.25, -0.2) is 9.97 Å². The van der Waals surface area contributed by atoms with Crippen LogP contribution in [-0.4, -0.2) is 26.9 Å². The second-order valence-corrected chi connectivity index (χ2v) is 4.83. The predicted octanol–water partition coefficient (Wildman–Crippen LogP) is 1.59. The zero-order chi connectivity index (χ0) is 14.2. The zero-order valence-corrected chi connectivity index (χ0v) is 11.1. The molecule has 0 spiro atoms. The Morgan fingerprint density at radius 1 is 1.33 bits per heavy atom. The number of imidazole rings is 1. The molecule has 1 amide bonds. The summed E-state index contributed by atoms with van der Waals surface area (Å²) in [6, 6.07) is 9.34. The lowest BCUT2D eigenvalue weighted by molar-refractivity contribution is 0.0926. The summed E-state index contributed by atoms with van der Waals surface area (Å²) in [5.41, 5.74) is 1.34. The Hall–Kier alpha value is -2.89. The molecule has 1 unspecified atom stereocenters. The van der Waals surface area contributed by atoms with Crippen molar-refractivity contribution in [3.05, 3.63) is 60.2 Å². The van der Waals surface area contributed by atoms with E-state index in [4.69, 9.17) is 4.74 Å². The summed E-state index contributed by atoms with van der Waals surface area (Å²) in [4.78, 5) is 20.6. The van der Waals surface area contributed by atoms with Crippen molar-refractivity contribution in [3.8, 4) is 5.75 Å². The first-order valence-electron chi connectivity index (χ1n) is 6.63. The van der Waals surface area contributed by atoms with E-state index in [-0.39, 0.29) is 11.9 Å². The number of rotatable bonds is 2. The van der Waals surface area contributed by atoms with Gasteiger partial charge in [-0.2, -0.15) is 0 Å². The minimum Gasteiger partial charge on any atom is -0.491 e. The predicted molar refractivity (Wildman–Crippen MR) is 75.1 cm³/mol. The van der Waals surface area contributed by atoms with Gasteiger partial charge in [0.1, 0.15) is 18.1 Å². The van der Waals surface area contributed by atoms with Crippen molar-refractivity contribution in [2.75, 3.05) is 6.61 Å². The van der Waals surface area contributed by atoms with E-state index >= 15 is 0 Å². The van der Waals surface area contributed by atoms with E-state index in [1.165, 1.54) is 0 Å². The van der Waals surface area contributed by atoms with Gasteiger partial charge in [0.15, 0.2) is 0 Å². The van der Waals surface area contributed by atoms with Crippen molar-refractivity contribution in [2.45, 2.75) is 6.04 Å². The monoisotopic (exact) mass is 280 g/mol. The number of carbonyl (C=O) groups is 1. The minimum absolute atomic E-state index is 0.147. The fourth-order valence-electron chi connectivity index (χ4n) is 2.45. The summed E-state index contributed by atoms with van der Waals surface area (Å²) in [6.45, 7) is 0.441. The number of carbonyl (C=O) groups excluding carboxylic acids is 1. The molecule has 3 aromatic rings. The average molecular weight is 280 g/mol. The Balaban J connectivity index is 1.59. The Kier molecular flexibility index (Phi) is 2.60. The van der Waals surface area contributed by atoms with Crippen LogP contribution in [0.1, 0.15) is 22.1 Å². The Morgan fingerprint density at radius 2 is 2.24 bits per heavy atom. The second-order valence-electron chi connectivity index (χ2n) is 4.83. The third-order valence-electron chi connectivity index (χ3n) is 3.47. The Morgan fingerprint density at radius 3 is 3.14 bits per heavy atom. The first kappa shape index (κ1) is 11.9. The van der Waals surface area contributed by atoms with Gasteiger partial charge in [-0.1, -0.05) is 18.2 Å². The van der Waals surface area contributed by atoms with Gasteiger partial charge < -0.3 is 10.1 Å². The zero-order valence-electron chi connectivity index (χ0n) is 11.1. The summed E-state index contributed by atoms with van der Waals surface area (Å²) in [5, 5.41) is 2.94. The van der Waals surface area contributed by atoms with Crippen molar-refractivity contribution in [1.82, 2.24) is 19.7 Å². The summed E-state index contributed by atoms with van der Waals surface area (Å²) in [5.74, 6) is 1.09. The quantitative estimate of drug-likeness (QED) is 0.774. The molecule has 2 aromatic heterocycles. The highest BCUT2D eigenvalue weighted by Gasteiger charge is 2.26. The Labute approximate surface area is 120 Å². The molecule has 0 aliphatic carbocycles. The van der Waals surface area contributed by atoms with Gasteiger partial charge in [-0.3, -0.25) is 9.20 Å². The van der Waals surface area contributed by atoms with Crippen molar-refractivity contribution < 1.29 is 9.53 Å². The lowest BCUT2D eigenvalue weighted by Crippen LogP contribution is -2.29. The number of nitrogens with zero attached hydrogens (tertiary/aromatic N) is 3. The number of benzene rings is 1. The van der Waals surface area contributed by atoms with E-state index in [9.17, 15) is 4.79 Å². The number of amides is 1. The fraction of sp³-hybridized carbons (Fsp3) is 0.133. The van der Waals surface area contributed by atoms with Crippen molar-refractivity contribution >= 4 is 11.7 Å². The normalized spacial score (nSPS) is 16.5. The molecular formula is C15H12N4O2. The lowest BCUT2D eigenvalue weighted by Gasteiger charge is -2.10. The van der Waals surface area contributed by atoms with E-state index in [0.29, 0.717) is 18.1 Å².